The SMILES string of the molecule is Cc1cc(C(N)=S)ccc1NCCc1ccccn1. The molecule has 0 aliphatic carbocycles. The molecule has 98 valence electrons. The van der Waals surface area contributed by atoms with Gasteiger partial charge in [-0.15, -0.1) is 0 Å². The average molecular weight is 271 g/mol. The molecule has 0 aliphatic rings. The molecule has 19 heavy (non-hydrogen) atoms. The summed E-state index contributed by atoms with van der Waals surface area (Å²) in [6.07, 6.45) is 2.72. The quantitative estimate of drug-likeness (QED) is 0.821. The number of aromatic nitrogens is 1. The van der Waals surface area contributed by atoms with Crippen LogP contribution in [-0.2, 0) is 6.42 Å². The summed E-state index contributed by atoms with van der Waals surface area (Å²) in [4.78, 5) is 4.73. The third-order valence-electron chi connectivity index (χ3n) is 2.93. The second-order valence-corrected chi connectivity index (χ2v) is 4.83. The Hall–Kier alpha value is -1.94. The molecular weight excluding hydrogens is 254 g/mol. The number of benzene rings is 1. The van der Waals surface area contributed by atoms with Gasteiger partial charge in [0.25, 0.3) is 0 Å². The minimum atomic E-state index is 0.433. The van der Waals surface area contributed by atoms with Crippen LogP contribution in [0.1, 0.15) is 16.8 Å². The number of hydrogen-bond donors (Lipinski definition) is 2. The van der Waals surface area contributed by atoms with Crippen molar-refractivity contribution in [1.82, 2.24) is 4.98 Å². The van der Waals surface area contributed by atoms with E-state index < -0.39 is 0 Å². The fourth-order valence-corrected chi connectivity index (χ4v) is 2.01. The van der Waals surface area contributed by atoms with Crippen molar-refractivity contribution in [3.63, 3.8) is 0 Å². The molecule has 0 atom stereocenters. The van der Waals surface area contributed by atoms with Gasteiger partial charge >= 0.3 is 0 Å². The monoisotopic (exact) mass is 271 g/mol. The Morgan fingerprint density at radius 3 is 2.79 bits per heavy atom. The number of nitrogens with two attached hydrogens (primary N) is 1. The Balaban J connectivity index is 1.95. The van der Waals surface area contributed by atoms with Crippen LogP contribution in [-0.4, -0.2) is 16.5 Å². The lowest BCUT2D eigenvalue weighted by atomic mass is 10.1. The zero-order valence-electron chi connectivity index (χ0n) is 10.9. The van der Waals surface area contributed by atoms with Gasteiger partial charge in [0.1, 0.15) is 4.99 Å². The summed E-state index contributed by atoms with van der Waals surface area (Å²) in [6, 6.07) is 11.9. The van der Waals surface area contributed by atoms with E-state index in [2.05, 4.69) is 10.3 Å². The Morgan fingerprint density at radius 1 is 1.32 bits per heavy atom. The molecule has 1 aromatic carbocycles. The molecule has 3 nitrogen and oxygen atoms in total. The number of hydrogen-bond acceptors (Lipinski definition) is 3. The van der Waals surface area contributed by atoms with Gasteiger partial charge in [-0.2, -0.15) is 0 Å². The van der Waals surface area contributed by atoms with Gasteiger partial charge in [-0.05, 0) is 42.8 Å². The molecule has 0 saturated carbocycles. The van der Waals surface area contributed by atoms with Crippen LogP contribution in [0.4, 0.5) is 5.69 Å². The van der Waals surface area contributed by atoms with Gasteiger partial charge in [0, 0.05) is 36.1 Å². The molecule has 0 aliphatic heterocycles. The molecule has 0 saturated heterocycles. The Kier molecular flexibility index (Phi) is 4.47. The molecule has 0 radical (unpaired) electrons. The maximum absolute atomic E-state index is 5.61. The lowest BCUT2D eigenvalue weighted by Gasteiger charge is -2.10. The molecule has 2 aromatic rings. The number of anilines is 1. The summed E-state index contributed by atoms with van der Waals surface area (Å²) in [7, 11) is 0. The smallest absolute Gasteiger partial charge is 0.103 e. The number of thiocarbonyl (C=S) groups is 1. The predicted molar refractivity (Wildman–Crippen MR) is 83.5 cm³/mol. The van der Waals surface area contributed by atoms with Crippen LogP contribution >= 0.6 is 12.2 Å². The highest BCUT2D eigenvalue weighted by molar-refractivity contribution is 7.80. The molecule has 0 fully saturated rings. The van der Waals surface area contributed by atoms with E-state index in [1.807, 2.05) is 49.5 Å². The second kappa shape index (κ2) is 6.29. The van der Waals surface area contributed by atoms with Gasteiger partial charge in [-0.25, -0.2) is 0 Å². The lowest BCUT2D eigenvalue weighted by Crippen LogP contribution is -2.11. The van der Waals surface area contributed by atoms with Gasteiger partial charge in [0.15, 0.2) is 0 Å². The topological polar surface area (TPSA) is 50.9 Å². The minimum Gasteiger partial charge on any atom is -0.389 e. The van der Waals surface area contributed by atoms with E-state index in [-0.39, 0.29) is 0 Å². The van der Waals surface area contributed by atoms with Gasteiger partial charge < -0.3 is 11.1 Å². The first-order valence-electron chi connectivity index (χ1n) is 6.21. The number of pyridine rings is 1. The molecular formula is C15H17N3S. The number of nitrogens with zero attached hydrogens (tertiary/aromatic N) is 1. The standard InChI is InChI=1S/C15H17N3S/c1-11-10-12(15(16)19)5-6-14(11)18-9-7-13-4-2-3-8-17-13/h2-6,8,10,18H,7,9H2,1H3,(H2,16,19). The molecule has 1 heterocycles. The Bertz CT molecular complexity index is 567. The maximum atomic E-state index is 5.61. The molecule has 0 amide bonds. The van der Waals surface area contributed by atoms with Crippen molar-refractivity contribution in [3.05, 3.63) is 59.4 Å². The zero-order valence-corrected chi connectivity index (χ0v) is 11.7. The summed E-state index contributed by atoms with van der Waals surface area (Å²) in [5, 5.41) is 3.40. The largest absolute Gasteiger partial charge is 0.389 e. The summed E-state index contributed by atoms with van der Waals surface area (Å²) < 4.78 is 0. The van der Waals surface area contributed by atoms with Crippen molar-refractivity contribution in [2.45, 2.75) is 13.3 Å². The fraction of sp³-hybridized carbons (Fsp3) is 0.200. The third kappa shape index (κ3) is 3.76. The van der Waals surface area contributed by atoms with Gasteiger partial charge in [0.2, 0.25) is 0 Å². The van der Waals surface area contributed by atoms with E-state index in [0.717, 1.165) is 35.5 Å². The van der Waals surface area contributed by atoms with Crippen LogP contribution < -0.4 is 11.1 Å². The summed E-state index contributed by atoms with van der Waals surface area (Å²) >= 11 is 4.97. The highest BCUT2D eigenvalue weighted by Gasteiger charge is 2.02. The van der Waals surface area contributed by atoms with Crippen molar-refractivity contribution in [3.8, 4) is 0 Å². The highest BCUT2D eigenvalue weighted by Crippen LogP contribution is 2.16. The van der Waals surface area contributed by atoms with Crippen molar-refractivity contribution < 1.29 is 0 Å². The van der Waals surface area contributed by atoms with Crippen molar-refractivity contribution in [1.29, 1.82) is 0 Å². The second-order valence-electron chi connectivity index (χ2n) is 4.39. The van der Waals surface area contributed by atoms with E-state index >= 15 is 0 Å². The molecule has 2 rings (SSSR count). The van der Waals surface area contributed by atoms with Crippen LogP contribution in [0.2, 0.25) is 0 Å². The summed E-state index contributed by atoms with van der Waals surface area (Å²) in [5.41, 5.74) is 9.86. The molecule has 0 spiro atoms. The first kappa shape index (κ1) is 13.5. The Labute approximate surface area is 118 Å². The first-order valence-corrected chi connectivity index (χ1v) is 6.62. The summed E-state index contributed by atoms with van der Waals surface area (Å²) in [6.45, 7) is 2.90. The number of nitrogens with one attached hydrogen (secondary N) is 1. The van der Waals surface area contributed by atoms with Crippen LogP contribution in [0.5, 0.6) is 0 Å². The Morgan fingerprint density at radius 2 is 2.16 bits per heavy atom. The maximum Gasteiger partial charge on any atom is 0.103 e. The molecule has 1 aromatic heterocycles. The van der Waals surface area contributed by atoms with E-state index in [4.69, 9.17) is 18.0 Å². The van der Waals surface area contributed by atoms with Crippen LogP contribution in [0.25, 0.3) is 0 Å². The van der Waals surface area contributed by atoms with Crippen molar-refractivity contribution in [2.75, 3.05) is 11.9 Å². The third-order valence-corrected chi connectivity index (χ3v) is 3.17. The molecule has 0 unspecified atom stereocenters. The van der Waals surface area contributed by atoms with Crippen LogP contribution in [0.3, 0.4) is 0 Å². The first-order chi connectivity index (χ1) is 9.16. The van der Waals surface area contributed by atoms with Crippen molar-refractivity contribution >= 4 is 22.9 Å². The minimum absolute atomic E-state index is 0.433. The van der Waals surface area contributed by atoms with Gasteiger partial charge in [0.05, 0.1) is 0 Å². The van der Waals surface area contributed by atoms with E-state index in [9.17, 15) is 0 Å². The number of rotatable bonds is 5. The molecule has 4 heteroatoms. The lowest BCUT2D eigenvalue weighted by molar-refractivity contribution is 0.960. The van der Waals surface area contributed by atoms with Crippen LogP contribution in [0.15, 0.2) is 42.6 Å². The van der Waals surface area contributed by atoms with E-state index in [1.54, 1.807) is 0 Å². The molecule has 3 N–H and O–H groups in total. The highest BCUT2D eigenvalue weighted by atomic mass is 32.1. The van der Waals surface area contributed by atoms with Gasteiger partial charge in [-0.3, -0.25) is 4.98 Å². The van der Waals surface area contributed by atoms with E-state index in [0.29, 0.717) is 4.99 Å². The van der Waals surface area contributed by atoms with Gasteiger partial charge in [-0.1, -0.05) is 18.3 Å². The normalized spacial score (nSPS) is 10.2. The number of aryl methyl sites for hydroxylation is 1. The zero-order chi connectivity index (χ0) is 13.7. The fourth-order valence-electron chi connectivity index (χ4n) is 1.89. The predicted octanol–water partition coefficient (Wildman–Crippen LogP) is 2.68. The van der Waals surface area contributed by atoms with E-state index in [1.165, 1.54) is 0 Å². The molecule has 0 bridgehead atoms. The summed E-state index contributed by atoms with van der Waals surface area (Å²) in [5.74, 6) is 0. The van der Waals surface area contributed by atoms with Crippen molar-refractivity contribution in [2.24, 2.45) is 5.73 Å². The van der Waals surface area contributed by atoms with Crippen LogP contribution in [0, 0.1) is 6.92 Å². The average Bonchev–Trinajstić information content (AvgIpc) is 2.41.